The molecular weight excluding hydrogens is 396 g/mol. The number of thiophene rings is 1. The number of nitrogens with one attached hydrogen (secondary N) is 2. The van der Waals surface area contributed by atoms with Crippen LogP contribution >= 0.6 is 11.3 Å². The summed E-state index contributed by atoms with van der Waals surface area (Å²) >= 11 is 1.70. The first kappa shape index (κ1) is 19.1. The molecule has 2 N–H and O–H groups in total. The number of carbonyl (C=O) groups is 1. The van der Waals surface area contributed by atoms with Gasteiger partial charge in [-0.25, -0.2) is 4.98 Å². The molecule has 1 aromatic carbocycles. The maximum atomic E-state index is 12.8. The van der Waals surface area contributed by atoms with Crippen LogP contribution in [-0.4, -0.2) is 21.0 Å². The summed E-state index contributed by atoms with van der Waals surface area (Å²) in [6, 6.07) is 8.04. The Balaban J connectivity index is 1.44. The van der Waals surface area contributed by atoms with Gasteiger partial charge in [0.1, 0.15) is 16.6 Å². The van der Waals surface area contributed by atoms with Crippen molar-refractivity contribution in [1.29, 1.82) is 0 Å². The highest BCUT2D eigenvalue weighted by Crippen LogP contribution is 2.43. The molecule has 4 aromatic rings. The van der Waals surface area contributed by atoms with E-state index >= 15 is 0 Å². The second kappa shape index (κ2) is 7.72. The van der Waals surface area contributed by atoms with Crippen LogP contribution in [0.5, 0.6) is 0 Å². The summed E-state index contributed by atoms with van der Waals surface area (Å²) in [6.07, 6.45) is 5.50. The highest BCUT2D eigenvalue weighted by atomic mass is 32.1. The van der Waals surface area contributed by atoms with E-state index in [1.807, 2.05) is 38.1 Å². The van der Waals surface area contributed by atoms with E-state index < -0.39 is 0 Å². The van der Waals surface area contributed by atoms with E-state index in [2.05, 4.69) is 15.5 Å². The molecule has 1 aliphatic rings. The molecule has 1 aliphatic carbocycles. The third kappa shape index (κ3) is 3.43. The molecule has 0 spiro atoms. The van der Waals surface area contributed by atoms with Gasteiger partial charge in [0.25, 0.3) is 0 Å². The van der Waals surface area contributed by atoms with Gasteiger partial charge in [-0.05, 0) is 63.6 Å². The van der Waals surface area contributed by atoms with Crippen LogP contribution in [0, 0.1) is 13.8 Å². The Morgan fingerprint density at radius 1 is 1.23 bits per heavy atom. The highest BCUT2D eigenvalue weighted by molar-refractivity contribution is 7.17. The molecule has 30 heavy (non-hydrogen) atoms. The zero-order chi connectivity index (χ0) is 20.7. The van der Waals surface area contributed by atoms with Gasteiger partial charge in [-0.1, -0.05) is 17.3 Å². The first-order valence-corrected chi connectivity index (χ1v) is 11.2. The van der Waals surface area contributed by atoms with Crippen LogP contribution in [0.4, 0.5) is 5.00 Å². The van der Waals surface area contributed by atoms with Crippen LogP contribution in [0.3, 0.4) is 0 Å². The number of amides is 1. The fourth-order valence-corrected chi connectivity index (χ4v) is 5.57. The van der Waals surface area contributed by atoms with Crippen LogP contribution in [-0.2, 0) is 24.1 Å². The smallest absolute Gasteiger partial charge is 0.225 e. The lowest BCUT2D eigenvalue weighted by Crippen LogP contribution is -2.12. The summed E-state index contributed by atoms with van der Waals surface area (Å²) in [5.74, 6) is 1.64. The Labute approximate surface area is 178 Å². The standard InChI is InChI=1S/C23H24N4O2S/c1-13-15(14(2)29-27-13)11-12-20(28)26-23-21(16-7-3-6-10-19(16)30-23)22-24-17-8-4-5-9-18(17)25-22/h4-5,8-9H,3,6-7,10-12H2,1-2H3,(H,24,25)(H,26,28). The van der Waals surface area contributed by atoms with Crippen molar-refractivity contribution in [3.05, 3.63) is 51.7 Å². The second-order valence-electron chi connectivity index (χ2n) is 7.87. The van der Waals surface area contributed by atoms with Crippen molar-refractivity contribution in [3.8, 4) is 11.4 Å². The number of H-pyrrole nitrogens is 1. The zero-order valence-corrected chi connectivity index (χ0v) is 18.0. The SMILES string of the molecule is Cc1noc(C)c1CCC(=O)Nc1sc2c(c1-c1nc3ccccc3[nH]1)CCCC2. The molecule has 154 valence electrons. The van der Waals surface area contributed by atoms with Crippen molar-refractivity contribution in [2.75, 3.05) is 5.32 Å². The predicted molar refractivity (Wildman–Crippen MR) is 119 cm³/mol. The van der Waals surface area contributed by atoms with Gasteiger partial charge >= 0.3 is 0 Å². The number of aryl methyl sites for hydroxylation is 3. The van der Waals surface area contributed by atoms with Gasteiger partial charge in [-0.15, -0.1) is 11.3 Å². The molecule has 3 heterocycles. The van der Waals surface area contributed by atoms with Crippen molar-refractivity contribution in [3.63, 3.8) is 0 Å². The highest BCUT2D eigenvalue weighted by Gasteiger charge is 2.25. The number of hydrogen-bond acceptors (Lipinski definition) is 5. The van der Waals surface area contributed by atoms with Crippen LogP contribution in [0.15, 0.2) is 28.8 Å². The molecule has 5 rings (SSSR count). The Morgan fingerprint density at radius 3 is 2.87 bits per heavy atom. The number of fused-ring (bicyclic) bond motifs is 2. The zero-order valence-electron chi connectivity index (χ0n) is 17.2. The number of imidazole rings is 1. The van der Waals surface area contributed by atoms with Crippen LogP contribution in [0.2, 0.25) is 0 Å². The van der Waals surface area contributed by atoms with Gasteiger partial charge in [0.2, 0.25) is 5.91 Å². The lowest BCUT2D eigenvalue weighted by Gasteiger charge is -2.12. The number of hydrogen-bond donors (Lipinski definition) is 2. The molecule has 0 radical (unpaired) electrons. The Morgan fingerprint density at radius 2 is 2.07 bits per heavy atom. The molecule has 0 saturated carbocycles. The number of carbonyl (C=O) groups excluding carboxylic acids is 1. The average molecular weight is 421 g/mol. The average Bonchev–Trinajstić information content (AvgIpc) is 3.41. The third-order valence-electron chi connectivity index (χ3n) is 5.83. The Kier molecular flexibility index (Phi) is 4.90. The summed E-state index contributed by atoms with van der Waals surface area (Å²) in [7, 11) is 0. The first-order chi connectivity index (χ1) is 14.6. The molecular formula is C23H24N4O2S. The summed E-state index contributed by atoms with van der Waals surface area (Å²) < 4.78 is 5.21. The predicted octanol–water partition coefficient (Wildman–Crippen LogP) is 5.35. The van der Waals surface area contributed by atoms with E-state index in [0.29, 0.717) is 12.8 Å². The molecule has 0 atom stereocenters. The molecule has 0 saturated heterocycles. The largest absolute Gasteiger partial charge is 0.361 e. The van der Waals surface area contributed by atoms with E-state index in [4.69, 9.17) is 9.51 Å². The van der Waals surface area contributed by atoms with Gasteiger partial charge in [-0.2, -0.15) is 0 Å². The topological polar surface area (TPSA) is 83.8 Å². The minimum absolute atomic E-state index is 0.00552. The number of rotatable bonds is 5. The summed E-state index contributed by atoms with van der Waals surface area (Å²) in [5, 5.41) is 8.07. The molecule has 0 unspecified atom stereocenters. The van der Waals surface area contributed by atoms with Gasteiger partial charge in [0.15, 0.2) is 0 Å². The monoisotopic (exact) mass is 420 g/mol. The lowest BCUT2D eigenvalue weighted by molar-refractivity contribution is -0.116. The van der Waals surface area contributed by atoms with Crippen LogP contribution < -0.4 is 5.32 Å². The van der Waals surface area contributed by atoms with Crippen molar-refractivity contribution >= 4 is 33.3 Å². The Hall–Kier alpha value is -2.93. The van der Waals surface area contributed by atoms with Crippen molar-refractivity contribution in [2.45, 2.75) is 52.4 Å². The lowest BCUT2D eigenvalue weighted by atomic mass is 9.95. The number of anilines is 1. The van der Waals surface area contributed by atoms with E-state index in [-0.39, 0.29) is 5.91 Å². The summed E-state index contributed by atoms with van der Waals surface area (Å²) in [5.41, 5.74) is 6.24. The first-order valence-electron chi connectivity index (χ1n) is 10.4. The molecule has 0 aliphatic heterocycles. The molecule has 3 aromatic heterocycles. The molecule has 6 nitrogen and oxygen atoms in total. The van der Waals surface area contributed by atoms with E-state index in [1.54, 1.807) is 11.3 Å². The molecule has 0 fully saturated rings. The van der Waals surface area contributed by atoms with Crippen molar-refractivity contribution in [1.82, 2.24) is 15.1 Å². The maximum absolute atomic E-state index is 12.8. The summed E-state index contributed by atoms with van der Waals surface area (Å²) in [6.45, 7) is 3.80. The molecule has 1 amide bonds. The number of para-hydroxylation sites is 2. The van der Waals surface area contributed by atoms with Gasteiger partial charge in [0, 0.05) is 16.9 Å². The maximum Gasteiger partial charge on any atom is 0.225 e. The van der Waals surface area contributed by atoms with Gasteiger partial charge in [-0.3, -0.25) is 4.79 Å². The van der Waals surface area contributed by atoms with E-state index in [1.165, 1.54) is 23.3 Å². The number of aromatic amines is 1. The number of nitrogens with zero attached hydrogens (tertiary/aromatic N) is 2. The van der Waals surface area contributed by atoms with Crippen LogP contribution in [0.25, 0.3) is 22.4 Å². The van der Waals surface area contributed by atoms with Crippen LogP contribution in [0.1, 0.15) is 46.7 Å². The fourth-order valence-electron chi connectivity index (χ4n) is 4.26. The molecule has 0 bridgehead atoms. The number of benzene rings is 1. The Bertz CT molecular complexity index is 1180. The number of aromatic nitrogens is 3. The molecule has 7 heteroatoms. The van der Waals surface area contributed by atoms with Crippen molar-refractivity contribution in [2.24, 2.45) is 0 Å². The minimum atomic E-state index is 0.00552. The van der Waals surface area contributed by atoms with Crippen molar-refractivity contribution < 1.29 is 9.32 Å². The van der Waals surface area contributed by atoms with E-state index in [0.717, 1.165) is 57.3 Å². The van der Waals surface area contributed by atoms with E-state index in [9.17, 15) is 4.79 Å². The summed E-state index contributed by atoms with van der Waals surface area (Å²) in [4.78, 5) is 22.5. The fraction of sp³-hybridized carbons (Fsp3) is 0.348. The van der Waals surface area contributed by atoms with Gasteiger partial charge < -0.3 is 14.8 Å². The van der Waals surface area contributed by atoms with Gasteiger partial charge in [0.05, 0.1) is 22.3 Å². The quantitative estimate of drug-likeness (QED) is 0.456. The third-order valence-corrected chi connectivity index (χ3v) is 7.04. The normalized spacial score (nSPS) is 13.5. The minimum Gasteiger partial charge on any atom is -0.361 e. The second-order valence-corrected chi connectivity index (χ2v) is 8.97.